The van der Waals surface area contributed by atoms with Gasteiger partial charge in [-0.15, -0.1) is 0 Å². The lowest BCUT2D eigenvalue weighted by atomic mass is 10.0. The first-order valence-electron chi connectivity index (χ1n) is 4.95. The maximum atomic E-state index is 9.81. The highest BCUT2D eigenvalue weighted by molar-refractivity contribution is 5.51. The van der Waals surface area contributed by atoms with E-state index in [2.05, 4.69) is 0 Å². The molecule has 0 heterocycles. The third kappa shape index (κ3) is 2.56. The lowest BCUT2D eigenvalue weighted by Crippen LogP contribution is -2.13. The van der Waals surface area contributed by atoms with Gasteiger partial charge in [0, 0.05) is 24.8 Å². The van der Waals surface area contributed by atoms with Crippen LogP contribution in [0.15, 0.2) is 12.1 Å². The third-order valence-electron chi connectivity index (χ3n) is 2.36. The van der Waals surface area contributed by atoms with Crippen molar-refractivity contribution in [1.82, 2.24) is 0 Å². The second kappa shape index (κ2) is 5.58. The van der Waals surface area contributed by atoms with Gasteiger partial charge < -0.3 is 25.4 Å². The Kier molecular flexibility index (Phi) is 4.39. The second-order valence-electron chi connectivity index (χ2n) is 3.38. The number of methoxy groups -OCH3 is 2. The SMILES string of the molecule is COc1cc(O)c([C@H](N)CCO)c(OC)c1. The molecule has 0 aliphatic carbocycles. The van der Waals surface area contributed by atoms with Crippen molar-refractivity contribution in [3.05, 3.63) is 17.7 Å². The molecule has 0 aliphatic rings. The predicted molar refractivity (Wildman–Crippen MR) is 59.8 cm³/mol. The average molecular weight is 227 g/mol. The van der Waals surface area contributed by atoms with E-state index in [0.29, 0.717) is 23.5 Å². The maximum Gasteiger partial charge on any atom is 0.131 e. The van der Waals surface area contributed by atoms with E-state index in [1.807, 2.05) is 0 Å². The van der Waals surface area contributed by atoms with Crippen LogP contribution in [0.5, 0.6) is 17.2 Å². The zero-order chi connectivity index (χ0) is 12.1. The highest BCUT2D eigenvalue weighted by atomic mass is 16.5. The van der Waals surface area contributed by atoms with Gasteiger partial charge in [-0.2, -0.15) is 0 Å². The molecule has 4 N–H and O–H groups in total. The molecular formula is C11H17NO4. The summed E-state index contributed by atoms with van der Waals surface area (Å²) in [5, 5.41) is 18.6. The molecule has 5 heteroatoms. The highest BCUT2D eigenvalue weighted by Crippen LogP contribution is 2.37. The van der Waals surface area contributed by atoms with E-state index < -0.39 is 6.04 Å². The van der Waals surface area contributed by atoms with Crippen molar-refractivity contribution < 1.29 is 19.7 Å². The van der Waals surface area contributed by atoms with Crippen LogP contribution in [0.3, 0.4) is 0 Å². The number of phenols is 1. The van der Waals surface area contributed by atoms with Gasteiger partial charge in [0.05, 0.1) is 19.8 Å². The largest absolute Gasteiger partial charge is 0.507 e. The van der Waals surface area contributed by atoms with E-state index in [1.165, 1.54) is 20.3 Å². The normalized spacial score (nSPS) is 12.2. The molecule has 0 saturated heterocycles. The van der Waals surface area contributed by atoms with Crippen molar-refractivity contribution >= 4 is 0 Å². The number of aromatic hydroxyl groups is 1. The molecule has 90 valence electrons. The van der Waals surface area contributed by atoms with Crippen LogP contribution >= 0.6 is 0 Å². The first kappa shape index (κ1) is 12.6. The van der Waals surface area contributed by atoms with Crippen molar-refractivity contribution in [2.45, 2.75) is 12.5 Å². The van der Waals surface area contributed by atoms with Gasteiger partial charge in [0.1, 0.15) is 17.2 Å². The van der Waals surface area contributed by atoms with Crippen molar-refractivity contribution in [1.29, 1.82) is 0 Å². The highest BCUT2D eigenvalue weighted by Gasteiger charge is 2.17. The first-order valence-corrected chi connectivity index (χ1v) is 4.95. The van der Waals surface area contributed by atoms with E-state index in [0.717, 1.165) is 0 Å². The van der Waals surface area contributed by atoms with Crippen molar-refractivity contribution in [2.24, 2.45) is 5.73 Å². The third-order valence-corrected chi connectivity index (χ3v) is 2.36. The van der Waals surface area contributed by atoms with Crippen LogP contribution in [0.4, 0.5) is 0 Å². The average Bonchev–Trinajstić information content (AvgIpc) is 2.27. The molecule has 0 bridgehead atoms. The summed E-state index contributed by atoms with van der Waals surface area (Å²) in [6.07, 6.45) is 0.357. The Balaban J connectivity index is 3.15. The molecule has 0 aromatic heterocycles. The summed E-state index contributed by atoms with van der Waals surface area (Å²) in [6.45, 7) is -0.0458. The quantitative estimate of drug-likeness (QED) is 0.692. The molecule has 0 fully saturated rings. The summed E-state index contributed by atoms with van der Waals surface area (Å²) in [5.41, 5.74) is 6.32. The monoisotopic (exact) mass is 227 g/mol. The summed E-state index contributed by atoms with van der Waals surface area (Å²) in [6, 6.07) is 2.65. The number of hydrogen-bond donors (Lipinski definition) is 3. The molecular weight excluding hydrogens is 210 g/mol. The van der Waals surface area contributed by atoms with Crippen LogP contribution in [0.2, 0.25) is 0 Å². The number of benzene rings is 1. The van der Waals surface area contributed by atoms with Gasteiger partial charge >= 0.3 is 0 Å². The fraction of sp³-hybridized carbons (Fsp3) is 0.455. The smallest absolute Gasteiger partial charge is 0.131 e. The van der Waals surface area contributed by atoms with Gasteiger partial charge in [-0.25, -0.2) is 0 Å². The fourth-order valence-corrected chi connectivity index (χ4v) is 1.53. The number of aliphatic hydroxyl groups is 1. The first-order chi connectivity index (χ1) is 7.63. The number of rotatable bonds is 5. The Morgan fingerprint density at radius 1 is 1.31 bits per heavy atom. The van der Waals surface area contributed by atoms with Crippen LogP contribution in [-0.2, 0) is 0 Å². The van der Waals surface area contributed by atoms with Crippen molar-refractivity contribution in [3.8, 4) is 17.2 Å². The van der Waals surface area contributed by atoms with Gasteiger partial charge in [0.25, 0.3) is 0 Å². The summed E-state index contributed by atoms with van der Waals surface area (Å²) >= 11 is 0. The minimum atomic E-state index is -0.467. The van der Waals surface area contributed by atoms with Crippen molar-refractivity contribution in [3.63, 3.8) is 0 Å². The second-order valence-corrected chi connectivity index (χ2v) is 3.38. The molecule has 1 rings (SSSR count). The van der Waals surface area contributed by atoms with Crippen LogP contribution in [0.1, 0.15) is 18.0 Å². The van der Waals surface area contributed by atoms with E-state index in [-0.39, 0.29) is 12.4 Å². The van der Waals surface area contributed by atoms with Crippen LogP contribution in [0, 0.1) is 0 Å². The minimum absolute atomic E-state index is 0.0113. The van der Waals surface area contributed by atoms with Crippen molar-refractivity contribution in [2.75, 3.05) is 20.8 Å². The van der Waals surface area contributed by atoms with E-state index in [4.69, 9.17) is 20.3 Å². The zero-order valence-corrected chi connectivity index (χ0v) is 9.43. The Hall–Kier alpha value is -1.46. The predicted octanol–water partition coefficient (Wildman–Crippen LogP) is 0.792. The van der Waals surface area contributed by atoms with Gasteiger partial charge in [0.15, 0.2) is 0 Å². The molecule has 0 aliphatic heterocycles. The lowest BCUT2D eigenvalue weighted by Gasteiger charge is -2.17. The Morgan fingerprint density at radius 2 is 2.00 bits per heavy atom. The number of hydrogen-bond acceptors (Lipinski definition) is 5. The summed E-state index contributed by atoms with van der Waals surface area (Å²) in [5.74, 6) is 0.962. The number of ether oxygens (including phenoxy) is 2. The molecule has 16 heavy (non-hydrogen) atoms. The van der Waals surface area contributed by atoms with E-state index in [9.17, 15) is 5.11 Å². The lowest BCUT2D eigenvalue weighted by molar-refractivity contribution is 0.273. The molecule has 0 saturated carbocycles. The standard InChI is InChI=1S/C11H17NO4/c1-15-7-5-9(14)11(8(12)3-4-13)10(6-7)16-2/h5-6,8,13-14H,3-4,12H2,1-2H3/t8-/m1/s1. The van der Waals surface area contributed by atoms with Gasteiger partial charge in [-0.3, -0.25) is 0 Å². The molecule has 0 spiro atoms. The molecule has 5 nitrogen and oxygen atoms in total. The number of nitrogens with two attached hydrogens (primary N) is 1. The Morgan fingerprint density at radius 3 is 2.50 bits per heavy atom. The number of aliphatic hydroxyl groups excluding tert-OH is 1. The minimum Gasteiger partial charge on any atom is -0.507 e. The molecule has 1 atom stereocenters. The summed E-state index contributed by atoms with van der Waals surface area (Å²) in [4.78, 5) is 0. The van der Waals surface area contributed by atoms with Crippen LogP contribution < -0.4 is 15.2 Å². The topological polar surface area (TPSA) is 84.9 Å². The summed E-state index contributed by atoms with van der Waals surface area (Å²) in [7, 11) is 2.99. The Labute approximate surface area is 94.4 Å². The van der Waals surface area contributed by atoms with Gasteiger partial charge in [-0.05, 0) is 6.42 Å². The van der Waals surface area contributed by atoms with Crippen LogP contribution in [0.25, 0.3) is 0 Å². The molecule has 1 aromatic carbocycles. The fourth-order valence-electron chi connectivity index (χ4n) is 1.53. The molecule has 1 aromatic rings. The van der Waals surface area contributed by atoms with E-state index >= 15 is 0 Å². The zero-order valence-electron chi connectivity index (χ0n) is 9.43. The maximum absolute atomic E-state index is 9.81. The van der Waals surface area contributed by atoms with E-state index in [1.54, 1.807) is 6.07 Å². The number of phenolic OH excluding ortho intramolecular Hbond substituents is 1. The van der Waals surface area contributed by atoms with Gasteiger partial charge in [-0.1, -0.05) is 0 Å². The molecule has 0 radical (unpaired) electrons. The van der Waals surface area contributed by atoms with Crippen LogP contribution in [-0.4, -0.2) is 31.0 Å². The molecule has 0 unspecified atom stereocenters. The summed E-state index contributed by atoms with van der Waals surface area (Å²) < 4.78 is 10.1. The Bertz CT molecular complexity index is 354. The van der Waals surface area contributed by atoms with Gasteiger partial charge in [0.2, 0.25) is 0 Å². The molecule has 0 amide bonds.